The molecule has 0 aliphatic rings. The quantitative estimate of drug-likeness (QED) is 0.116. The summed E-state index contributed by atoms with van der Waals surface area (Å²) in [6.07, 6.45) is 14.0. The van der Waals surface area contributed by atoms with E-state index in [0.29, 0.717) is 24.3 Å². The number of benzene rings is 2. The molecule has 0 aromatic heterocycles. The Morgan fingerprint density at radius 1 is 0.588 bits per heavy atom. The van der Waals surface area contributed by atoms with Crippen LogP contribution in [0.25, 0.3) is 0 Å². The van der Waals surface area contributed by atoms with E-state index >= 15 is 0 Å². The molecule has 0 spiro atoms. The normalized spacial score (nSPS) is 10.2. The van der Waals surface area contributed by atoms with Gasteiger partial charge in [0.05, 0.1) is 24.3 Å². The molecule has 34 heavy (non-hydrogen) atoms. The maximum atomic E-state index is 12.4. The molecule has 0 saturated heterocycles. The van der Waals surface area contributed by atoms with Crippen LogP contribution in [0.4, 0.5) is 0 Å². The van der Waals surface area contributed by atoms with Crippen molar-refractivity contribution < 1.29 is 14.3 Å². The van der Waals surface area contributed by atoms with E-state index in [9.17, 15) is 4.79 Å². The van der Waals surface area contributed by atoms with E-state index in [1.807, 2.05) is 42.5 Å². The molecule has 0 amide bonds. The molecule has 2 aromatic rings. The zero-order valence-corrected chi connectivity index (χ0v) is 21.4. The molecule has 188 valence electrons. The van der Waals surface area contributed by atoms with Crippen molar-refractivity contribution in [2.24, 2.45) is 0 Å². The van der Waals surface area contributed by atoms with E-state index < -0.39 is 0 Å². The zero-order chi connectivity index (χ0) is 24.7. The highest BCUT2D eigenvalue weighted by atomic mass is 16.5. The average Bonchev–Trinajstić information content (AvgIpc) is 2.88. The van der Waals surface area contributed by atoms with Gasteiger partial charge in [-0.3, -0.25) is 5.41 Å². The molecule has 0 unspecified atom stereocenters. The Morgan fingerprint density at radius 3 is 1.50 bits per heavy atom. The van der Waals surface area contributed by atoms with E-state index in [1.54, 1.807) is 18.2 Å². The lowest BCUT2D eigenvalue weighted by molar-refractivity contribution is 0.0497. The van der Waals surface area contributed by atoms with Crippen molar-refractivity contribution in [1.29, 1.82) is 5.41 Å². The van der Waals surface area contributed by atoms with Gasteiger partial charge in [0.15, 0.2) is 0 Å². The van der Waals surface area contributed by atoms with Crippen molar-refractivity contribution in [3.63, 3.8) is 0 Å². The van der Waals surface area contributed by atoms with Crippen LogP contribution >= 0.6 is 0 Å². The van der Waals surface area contributed by atoms with Gasteiger partial charge in [-0.1, -0.05) is 127 Å². The van der Waals surface area contributed by atoms with Crippen molar-refractivity contribution in [2.75, 3.05) is 13.2 Å². The Morgan fingerprint density at radius 2 is 1.00 bits per heavy atom. The van der Waals surface area contributed by atoms with Crippen LogP contribution in [0.1, 0.15) is 107 Å². The molecule has 0 heterocycles. The van der Waals surface area contributed by atoms with E-state index in [2.05, 4.69) is 13.8 Å². The summed E-state index contributed by atoms with van der Waals surface area (Å²) in [7, 11) is 0. The first-order valence-corrected chi connectivity index (χ1v) is 13.2. The third-order valence-corrected chi connectivity index (χ3v) is 5.53. The molecule has 0 bridgehead atoms. The first-order valence-electron chi connectivity index (χ1n) is 13.2. The maximum absolute atomic E-state index is 12.4. The van der Waals surface area contributed by atoms with E-state index in [4.69, 9.17) is 14.9 Å². The van der Waals surface area contributed by atoms with Gasteiger partial charge in [0.1, 0.15) is 0 Å². The van der Waals surface area contributed by atoms with Gasteiger partial charge in [-0.15, -0.1) is 0 Å². The summed E-state index contributed by atoms with van der Waals surface area (Å²) in [5, 5.41) is 8.19. The molecule has 2 aromatic carbocycles. The topological polar surface area (TPSA) is 59.4 Å². The lowest BCUT2D eigenvalue weighted by atomic mass is 10.1. The number of esters is 1. The fraction of sp³-hybridized carbons (Fsp3) is 0.533. The second kappa shape index (κ2) is 20.9. The van der Waals surface area contributed by atoms with Crippen LogP contribution in [0.5, 0.6) is 0 Å². The molecule has 1 N–H and O–H groups in total. The summed E-state index contributed by atoms with van der Waals surface area (Å²) in [6, 6.07) is 19.1. The van der Waals surface area contributed by atoms with Crippen molar-refractivity contribution in [3.8, 4) is 0 Å². The van der Waals surface area contributed by atoms with Gasteiger partial charge >= 0.3 is 5.97 Å². The summed E-state index contributed by atoms with van der Waals surface area (Å²) in [4.78, 5) is 12.4. The van der Waals surface area contributed by atoms with Crippen LogP contribution in [0.2, 0.25) is 0 Å². The van der Waals surface area contributed by atoms with Gasteiger partial charge in [0.25, 0.3) is 0 Å². The molecule has 0 aliphatic heterocycles. The standard InChI is InChI=1S/C24H39NO3.C6H6/c1-3-5-7-9-11-15-19-27-23(25)21-17-13-14-18-22(21)24(26)28-20-16-12-10-8-6-4-2;1-2-4-6-5-3-1/h13-14,17-18,25H,3-12,15-16,19-20H2,1-2H3;1-6H. The molecule has 0 aliphatic carbocycles. The lowest BCUT2D eigenvalue weighted by Crippen LogP contribution is -2.15. The highest BCUT2D eigenvalue weighted by Gasteiger charge is 2.16. The Bertz CT molecular complexity index is 685. The molecule has 0 fully saturated rings. The van der Waals surface area contributed by atoms with E-state index in [-0.39, 0.29) is 11.9 Å². The average molecular weight is 468 g/mol. The largest absolute Gasteiger partial charge is 0.478 e. The predicted molar refractivity (Wildman–Crippen MR) is 143 cm³/mol. The number of carbonyl (C=O) groups excluding carboxylic acids is 1. The van der Waals surface area contributed by atoms with Crippen molar-refractivity contribution in [1.82, 2.24) is 0 Å². The number of hydrogen-bond acceptors (Lipinski definition) is 4. The fourth-order valence-electron chi connectivity index (χ4n) is 3.50. The first kappa shape index (κ1) is 29.4. The van der Waals surface area contributed by atoms with Crippen LogP contribution in [0, 0.1) is 5.41 Å². The molecular weight excluding hydrogens is 422 g/mol. The number of ether oxygens (including phenoxy) is 2. The maximum Gasteiger partial charge on any atom is 0.338 e. The molecule has 0 atom stereocenters. The second-order valence-electron chi connectivity index (χ2n) is 8.55. The van der Waals surface area contributed by atoms with Gasteiger partial charge in [-0.25, -0.2) is 4.79 Å². The third kappa shape index (κ3) is 14.5. The smallest absolute Gasteiger partial charge is 0.338 e. The number of unbranched alkanes of at least 4 members (excludes halogenated alkanes) is 10. The summed E-state index contributed by atoms with van der Waals surface area (Å²) < 4.78 is 11.0. The fourth-order valence-corrected chi connectivity index (χ4v) is 3.50. The predicted octanol–water partition coefficient (Wildman–Crippen LogP) is 8.59. The number of carbonyl (C=O) groups is 1. The highest BCUT2D eigenvalue weighted by Crippen LogP contribution is 2.14. The van der Waals surface area contributed by atoms with Crippen LogP contribution in [-0.2, 0) is 9.47 Å². The zero-order valence-electron chi connectivity index (χ0n) is 21.4. The van der Waals surface area contributed by atoms with Crippen molar-refractivity contribution in [3.05, 3.63) is 71.8 Å². The Kier molecular flexibility index (Phi) is 18.1. The molecular formula is C30H45NO3. The second-order valence-corrected chi connectivity index (χ2v) is 8.55. The minimum absolute atomic E-state index is 0.0562. The minimum atomic E-state index is -0.364. The van der Waals surface area contributed by atoms with Gasteiger partial charge < -0.3 is 9.47 Å². The number of nitrogens with one attached hydrogen (secondary N) is 1. The summed E-state index contributed by atoms with van der Waals surface area (Å²) >= 11 is 0. The van der Waals surface area contributed by atoms with E-state index in [1.165, 1.54) is 51.4 Å². The molecule has 2 rings (SSSR count). The van der Waals surface area contributed by atoms with Crippen molar-refractivity contribution >= 4 is 11.9 Å². The molecule has 0 radical (unpaired) electrons. The molecule has 4 heteroatoms. The minimum Gasteiger partial charge on any atom is -0.478 e. The van der Waals surface area contributed by atoms with Crippen LogP contribution in [0.15, 0.2) is 60.7 Å². The highest BCUT2D eigenvalue weighted by molar-refractivity contribution is 6.04. The Hall–Kier alpha value is -2.62. The van der Waals surface area contributed by atoms with Crippen molar-refractivity contribution in [2.45, 2.75) is 90.9 Å². The van der Waals surface area contributed by atoms with Gasteiger partial charge in [0.2, 0.25) is 5.90 Å². The lowest BCUT2D eigenvalue weighted by Gasteiger charge is -2.12. The monoisotopic (exact) mass is 467 g/mol. The van der Waals surface area contributed by atoms with Crippen LogP contribution in [-0.4, -0.2) is 25.1 Å². The number of rotatable bonds is 16. The number of hydrogen-bond donors (Lipinski definition) is 1. The van der Waals surface area contributed by atoms with Crippen LogP contribution in [0.3, 0.4) is 0 Å². The summed E-state index contributed by atoms with van der Waals surface area (Å²) in [6.45, 7) is 5.37. The van der Waals surface area contributed by atoms with E-state index in [0.717, 1.165) is 25.7 Å². The summed E-state index contributed by atoms with van der Waals surface area (Å²) in [5.41, 5.74) is 0.933. The first-order chi connectivity index (χ1) is 16.7. The third-order valence-electron chi connectivity index (χ3n) is 5.53. The van der Waals surface area contributed by atoms with Gasteiger partial charge in [-0.05, 0) is 25.0 Å². The Labute approximate surface area is 207 Å². The van der Waals surface area contributed by atoms with Gasteiger partial charge in [-0.2, -0.15) is 0 Å². The summed E-state index contributed by atoms with van der Waals surface area (Å²) in [5.74, 6) is -0.308. The Balaban J connectivity index is 0.000000830. The SMILES string of the molecule is CCCCCCCCOC(=N)c1ccccc1C(=O)OCCCCCCCC.c1ccccc1. The molecule has 4 nitrogen and oxygen atoms in total. The molecule has 0 saturated carbocycles. The van der Waals surface area contributed by atoms with Crippen LogP contribution < -0.4 is 0 Å². The van der Waals surface area contributed by atoms with Gasteiger partial charge in [0, 0.05) is 0 Å².